The van der Waals surface area contributed by atoms with Crippen LogP contribution in [-0.4, -0.2) is 17.5 Å². The van der Waals surface area contributed by atoms with Crippen LogP contribution in [-0.2, 0) is 9.59 Å². The predicted molar refractivity (Wildman–Crippen MR) is 92.8 cm³/mol. The normalized spacial score (nSPS) is 31.7. The maximum atomic E-state index is 12.2. The van der Waals surface area contributed by atoms with E-state index in [0.29, 0.717) is 0 Å². The van der Waals surface area contributed by atoms with Gasteiger partial charge in [0.25, 0.3) is 0 Å². The van der Waals surface area contributed by atoms with Crippen LogP contribution in [0.1, 0.15) is 56.6 Å². The first-order valence-electron chi connectivity index (χ1n) is 8.92. The number of nitrogens with one attached hydrogen (secondary N) is 2. The molecular weight excluding hydrogens is 302 g/mol. The van der Waals surface area contributed by atoms with Crippen LogP contribution in [0.15, 0.2) is 23.3 Å². The summed E-state index contributed by atoms with van der Waals surface area (Å²) in [5.74, 6) is 0.674. The van der Waals surface area contributed by atoms with E-state index in [1.165, 1.54) is 5.56 Å². The first-order valence-corrected chi connectivity index (χ1v) is 8.92. The third-order valence-electron chi connectivity index (χ3n) is 5.97. The van der Waals surface area contributed by atoms with E-state index < -0.39 is 0 Å². The van der Waals surface area contributed by atoms with Crippen LogP contribution in [0, 0.1) is 17.8 Å². The fourth-order valence-corrected chi connectivity index (χ4v) is 4.58. The molecule has 1 fully saturated rings. The van der Waals surface area contributed by atoms with Gasteiger partial charge in [0.1, 0.15) is 0 Å². The minimum Gasteiger partial charge on any atom is -0.326 e. The van der Waals surface area contributed by atoms with Gasteiger partial charge in [-0.2, -0.15) is 5.10 Å². The molecule has 1 saturated carbocycles. The number of benzene rings is 1. The van der Waals surface area contributed by atoms with Crippen molar-refractivity contribution in [2.75, 3.05) is 5.32 Å². The molecule has 4 atom stereocenters. The van der Waals surface area contributed by atoms with Gasteiger partial charge in [-0.05, 0) is 48.4 Å². The van der Waals surface area contributed by atoms with Gasteiger partial charge in [0.2, 0.25) is 11.8 Å². The lowest BCUT2D eigenvalue weighted by molar-refractivity contribution is -0.126. The minimum absolute atomic E-state index is 0.0139. The molecule has 0 saturated heterocycles. The molecule has 5 heteroatoms. The summed E-state index contributed by atoms with van der Waals surface area (Å²) in [6, 6.07) is 6.16. The van der Waals surface area contributed by atoms with Crippen LogP contribution < -0.4 is 10.7 Å². The van der Waals surface area contributed by atoms with Gasteiger partial charge in [-0.15, -0.1) is 0 Å². The van der Waals surface area contributed by atoms with E-state index in [1.54, 1.807) is 0 Å². The Hall–Kier alpha value is -2.17. The number of hydrazone groups is 1. The average Bonchev–Trinajstić information content (AvgIpc) is 3.06. The lowest BCUT2D eigenvalue weighted by Crippen LogP contribution is -2.39. The van der Waals surface area contributed by atoms with Crippen molar-refractivity contribution in [3.05, 3.63) is 29.3 Å². The van der Waals surface area contributed by atoms with Crippen LogP contribution in [0.4, 0.5) is 5.69 Å². The van der Waals surface area contributed by atoms with Crippen molar-refractivity contribution in [1.29, 1.82) is 0 Å². The van der Waals surface area contributed by atoms with Crippen molar-refractivity contribution in [2.45, 2.75) is 45.4 Å². The topological polar surface area (TPSA) is 70.6 Å². The van der Waals surface area contributed by atoms with E-state index in [4.69, 9.17) is 0 Å². The molecule has 1 aromatic rings. The number of fused-ring (bicyclic) bond motifs is 2. The monoisotopic (exact) mass is 325 g/mol. The smallest absolute Gasteiger partial charge is 0.243 e. The summed E-state index contributed by atoms with van der Waals surface area (Å²) in [4.78, 5) is 24.2. The number of rotatable bonds is 2. The Morgan fingerprint density at radius 1 is 1.17 bits per heavy atom. The molecule has 2 amide bonds. The maximum absolute atomic E-state index is 12.2. The third-order valence-corrected chi connectivity index (χ3v) is 5.97. The summed E-state index contributed by atoms with van der Waals surface area (Å²) in [5.41, 5.74) is 6.85. The maximum Gasteiger partial charge on any atom is 0.243 e. The quantitative estimate of drug-likeness (QED) is 0.877. The second kappa shape index (κ2) is 5.72. The van der Waals surface area contributed by atoms with Crippen molar-refractivity contribution in [3.63, 3.8) is 0 Å². The molecule has 3 aliphatic rings. The van der Waals surface area contributed by atoms with Crippen LogP contribution in [0.25, 0.3) is 0 Å². The van der Waals surface area contributed by atoms with Crippen molar-refractivity contribution >= 4 is 23.2 Å². The summed E-state index contributed by atoms with van der Waals surface area (Å²) in [6.07, 6.45) is 3.89. The molecule has 24 heavy (non-hydrogen) atoms. The van der Waals surface area contributed by atoms with E-state index in [-0.39, 0.29) is 35.5 Å². The van der Waals surface area contributed by atoms with Gasteiger partial charge in [0.05, 0.1) is 5.71 Å². The molecule has 4 rings (SSSR count). The van der Waals surface area contributed by atoms with Gasteiger partial charge in [-0.3, -0.25) is 9.59 Å². The van der Waals surface area contributed by atoms with Crippen molar-refractivity contribution in [3.8, 4) is 0 Å². The van der Waals surface area contributed by atoms with Crippen LogP contribution in [0.5, 0.6) is 0 Å². The number of hydrogen-bond acceptors (Lipinski definition) is 3. The van der Waals surface area contributed by atoms with Gasteiger partial charge >= 0.3 is 0 Å². The summed E-state index contributed by atoms with van der Waals surface area (Å²) in [5, 5.41) is 7.41. The molecule has 0 spiro atoms. The molecule has 0 radical (unpaired) electrons. The third kappa shape index (κ3) is 2.26. The van der Waals surface area contributed by atoms with Gasteiger partial charge < -0.3 is 5.32 Å². The van der Waals surface area contributed by atoms with E-state index in [2.05, 4.69) is 35.8 Å². The molecule has 2 aliphatic heterocycles. The molecule has 0 aromatic heterocycles. The van der Waals surface area contributed by atoms with Crippen molar-refractivity contribution in [2.24, 2.45) is 22.9 Å². The SMILES string of the molecule is CCC1C(=O)Nc2ccc(C3=NNC(=O)C4CCCC34)cc2C1C. The van der Waals surface area contributed by atoms with Crippen LogP contribution in [0.3, 0.4) is 0 Å². The first kappa shape index (κ1) is 15.4. The highest BCUT2D eigenvalue weighted by molar-refractivity contribution is 6.07. The second-order valence-electron chi connectivity index (χ2n) is 7.21. The standard InChI is InChI=1S/C19H23N3O2/c1-3-12-10(2)15-9-11(7-8-16(15)20-18(12)23)17-13-5-4-6-14(13)19(24)22-21-17/h7-10,12-14H,3-6H2,1-2H3,(H,20,23)(H,22,24). The van der Waals surface area contributed by atoms with E-state index in [0.717, 1.165) is 42.6 Å². The first-order chi connectivity index (χ1) is 11.6. The number of carbonyl (C=O) groups excluding carboxylic acids is 2. The summed E-state index contributed by atoms with van der Waals surface area (Å²) in [7, 11) is 0. The molecule has 2 N–H and O–H groups in total. The van der Waals surface area contributed by atoms with E-state index in [1.807, 2.05) is 12.1 Å². The fraction of sp³-hybridized carbons (Fsp3) is 0.526. The highest BCUT2D eigenvalue weighted by Crippen LogP contribution is 2.40. The predicted octanol–water partition coefficient (Wildman–Crippen LogP) is 3.02. The summed E-state index contributed by atoms with van der Waals surface area (Å²) in [6.45, 7) is 4.18. The second-order valence-corrected chi connectivity index (χ2v) is 7.21. The Bertz CT molecular complexity index is 740. The Balaban J connectivity index is 1.72. The number of carbonyl (C=O) groups is 2. The molecule has 5 nitrogen and oxygen atoms in total. The molecule has 0 bridgehead atoms. The average molecular weight is 325 g/mol. The largest absolute Gasteiger partial charge is 0.326 e. The number of hydrogen-bond donors (Lipinski definition) is 2. The Morgan fingerprint density at radius 2 is 1.96 bits per heavy atom. The van der Waals surface area contributed by atoms with Crippen molar-refractivity contribution in [1.82, 2.24) is 5.43 Å². The summed E-state index contributed by atoms with van der Waals surface area (Å²) >= 11 is 0. The van der Waals surface area contributed by atoms with Gasteiger partial charge in [-0.25, -0.2) is 5.43 Å². The fourth-order valence-electron chi connectivity index (χ4n) is 4.58. The molecule has 2 heterocycles. The number of anilines is 1. The number of amides is 2. The molecule has 126 valence electrons. The van der Waals surface area contributed by atoms with Crippen LogP contribution in [0.2, 0.25) is 0 Å². The van der Waals surface area contributed by atoms with Crippen LogP contribution >= 0.6 is 0 Å². The lowest BCUT2D eigenvalue weighted by atomic mass is 9.79. The van der Waals surface area contributed by atoms with Crippen molar-refractivity contribution < 1.29 is 9.59 Å². The van der Waals surface area contributed by atoms with E-state index in [9.17, 15) is 9.59 Å². The zero-order valence-electron chi connectivity index (χ0n) is 14.1. The molecule has 4 unspecified atom stereocenters. The highest BCUT2D eigenvalue weighted by Gasteiger charge is 2.40. The van der Waals surface area contributed by atoms with Gasteiger partial charge in [0.15, 0.2) is 0 Å². The minimum atomic E-state index is 0.0139. The zero-order chi connectivity index (χ0) is 16.8. The summed E-state index contributed by atoms with van der Waals surface area (Å²) < 4.78 is 0. The Kier molecular flexibility index (Phi) is 3.66. The lowest BCUT2D eigenvalue weighted by Gasteiger charge is -2.31. The zero-order valence-corrected chi connectivity index (χ0v) is 14.1. The molecular formula is C19H23N3O2. The van der Waals surface area contributed by atoms with Gasteiger partial charge in [0, 0.05) is 23.4 Å². The number of nitrogens with zero attached hydrogens (tertiary/aromatic N) is 1. The Morgan fingerprint density at radius 3 is 2.75 bits per heavy atom. The van der Waals surface area contributed by atoms with Gasteiger partial charge in [-0.1, -0.05) is 26.3 Å². The molecule has 1 aromatic carbocycles. The Labute approximate surface area is 141 Å². The highest BCUT2D eigenvalue weighted by atomic mass is 16.2. The molecule has 1 aliphatic carbocycles. The van der Waals surface area contributed by atoms with E-state index >= 15 is 0 Å².